The molecular formula is C20H19ClN2O4S2. The van der Waals surface area contributed by atoms with Gasteiger partial charge in [0.2, 0.25) is 0 Å². The Morgan fingerprint density at radius 3 is 2.52 bits per heavy atom. The number of fused-ring (bicyclic) bond motifs is 1. The molecule has 2 aliphatic heterocycles. The fourth-order valence-electron chi connectivity index (χ4n) is 3.53. The third-order valence-corrected chi connectivity index (χ3v) is 8.37. The molecule has 0 saturated carbocycles. The van der Waals surface area contributed by atoms with Crippen LogP contribution in [0, 0.1) is 0 Å². The van der Waals surface area contributed by atoms with Crippen molar-refractivity contribution in [2.75, 3.05) is 23.5 Å². The zero-order valence-corrected chi connectivity index (χ0v) is 18.0. The van der Waals surface area contributed by atoms with Gasteiger partial charge in [-0.2, -0.15) is 4.99 Å². The van der Waals surface area contributed by atoms with Crippen LogP contribution in [-0.4, -0.2) is 49.4 Å². The number of hydrogen-bond donors (Lipinski definition) is 0. The molecule has 29 heavy (non-hydrogen) atoms. The second-order valence-electron chi connectivity index (χ2n) is 6.96. The molecule has 0 N–H and O–H groups in total. The molecule has 2 saturated heterocycles. The Labute approximate surface area is 178 Å². The third kappa shape index (κ3) is 4.44. The summed E-state index contributed by atoms with van der Waals surface area (Å²) < 4.78 is 29.4. The topological polar surface area (TPSA) is 76.0 Å². The number of aliphatic imine (C=N–C) groups is 1. The summed E-state index contributed by atoms with van der Waals surface area (Å²) in [7, 11) is -1.51. The molecule has 9 heteroatoms. The first-order valence-electron chi connectivity index (χ1n) is 9.01. The molecule has 2 aromatic carbocycles. The number of ether oxygens (including phenoxy) is 1. The molecular weight excluding hydrogens is 432 g/mol. The number of carbonyl (C=O) groups is 1. The van der Waals surface area contributed by atoms with Gasteiger partial charge in [0.25, 0.3) is 5.91 Å². The Hall–Kier alpha value is -2.03. The van der Waals surface area contributed by atoms with E-state index < -0.39 is 9.84 Å². The van der Waals surface area contributed by atoms with Crippen LogP contribution < -0.4 is 9.64 Å². The van der Waals surface area contributed by atoms with Crippen LogP contribution in [-0.2, 0) is 21.1 Å². The zero-order chi connectivity index (χ0) is 20.6. The van der Waals surface area contributed by atoms with Crippen LogP contribution >= 0.6 is 23.4 Å². The molecule has 2 aliphatic rings. The van der Waals surface area contributed by atoms with E-state index in [1.54, 1.807) is 31.4 Å². The van der Waals surface area contributed by atoms with Crippen molar-refractivity contribution in [2.45, 2.75) is 17.7 Å². The first-order valence-corrected chi connectivity index (χ1v) is 12.1. The van der Waals surface area contributed by atoms with Crippen LogP contribution in [0.3, 0.4) is 0 Å². The van der Waals surface area contributed by atoms with Gasteiger partial charge < -0.3 is 9.64 Å². The summed E-state index contributed by atoms with van der Waals surface area (Å²) in [5, 5.41) is 0.990. The SMILES string of the molecule is COc1ccc(CC(=O)N=C2S[C@@H]3CS(=O)(=O)C[C@H]3N2c2ccc(Cl)cc2)cc1. The quantitative estimate of drug-likeness (QED) is 0.712. The highest BCUT2D eigenvalue weighted by atomic mass is 35.5. The predicted molar refractivity (Wildman–Crippen MR) is 117 cm³/mol. The van der Waals surface area contributed by atoms with Gasteiger partial charge in [0.05, 0.1) is 31.1 Å². The summed E-state index contributed by atoms with van der Waals surface area (Å²) in [6.45, 7) is 0. The van der Waals surface area contributed by atoms with Gasteiger partial charge in [-0.3, -0.25) is 4.79 Å². The van der Waals surface area contributed by atoms with Gasteiger partial charge in [-0.05, 0) is 42.0 Å². The second kappa shape index (κ2) is 8.01. The normalized spacial score (nSPS) is 23.9. The Morgan fingerprint density at radius 2 is 1.86 bits per heavy atom. The summed E-state index contributed by atoms with van der Waals surface area (Å²) in [5.41, 5.74) is 1.62. The summed E-state index contributed by atoms with van der Waals surface area (Å²) in [6.07, 6.45) is 0.163. The molecule has 6 nitrogen and oxygen atoms in total. The van der Waals surface area contributed by atoms with Gasteiger partial charge >= 0.3 is 0 Å². The molecule has 2 heterocycles. The Kier molecular flexibility index (Phi) is 5.59. The standard InChI is InChI=1S/C20H19ClN2O4S2/c1-27-16-8-2-13(3-9-16)10-19(24)22-20-23(15-6-4-14(21)5-7-15)17-11-29(25,26)12-18(17)28-20/h2-9,17-18H,10-12H2,1H3/t17-,18-/m1/s1. The lowest BCUT2D eigenvalue weighted by molar-refractivity contribution is -0.117. The van der Waals surface area contributed by atoms with Crippen LogP contribution in [0.2, 0.25) is 5.02 Å². The van der Waals surface area contributed by atoms with Crippen LogP contribution in [0.15, 0.2) is 53.5 Å². The molecule has 2 aromatic rings. The van der Waals surface area contributed by atoms with E-state index in [-0.39, 0.29) is 35.1 Å². The van der Waals surface area contributed by atoms with Crippen molar-refractivity contribution in [3.8, 4) is 5.75 Å². The molecule has 2 atom stereocenters. The Morgan fingerprint density at radius 1 is 1.17 bits per heavy atom. The molecule has 4 rings (SSSR count). The Bertz CT molecular complexity index is 1050. The zero-order valence-electron chi connectivity index (χ0n) is 15.6. The number of carbonyl (C=O) groups excluding carboxylic acids is 1. The summed E-state index contributed by atoms with van der Waals surface area (Å²) in [6, 6.07) is 14.2. The number of amidine groups is 1. The summed E-state index contributed by atoms with van der Waals surface area (Å²) >= 11 is 7.35. The monoisotopic (exact) mass is 450 g/mol. The average molecular weight is 451 g/mol. The molecule has 0 unspecified atom stereocenters. The molecule has 0 spiro atoms. The highest BCUT2D eigenvalue weighted by Gasteiger charge is 2.49. The molecule has 2 fully saturated rings. The lowest BCUT2D eigenvalue weighted by Gasteiger charge is -2.24. The highest BCUT2D eigenvalue weighted by Crippen LogP contribution is 2.41. The average Bonchev–Trinajstić information content (AvgIpc) is 3.14. The number of sulfone groups is 1. The van der Waals surface area contributed by atoms with E-state index in [4.69, 9.17) is 16.3 Å². The van der Waals surface area contributed by atoms with E-state index in [2.05, 4.69) is 4.99 Å². The summed E-state index contributed by atoms with van der Waals surface area (Å²) in [4.78, 5) is 18.8. The van der Waals surface area contributed by atoms with Crippen molar-refractivity contribution in [3.63, 3.8) is 0 Å². The number of benzene rings is 2. The molecule has 0 bridgehead atoms. The largest absolute Gasteiger partial charge is 0.497 e. The van der Waals surface area contributed by atoms with Crippen LogP contribution in [0.4, 0.5) is 5.69 Å². The lowest BCUT2D eigenvalue weighted by Crippen LogP contribution is -2.37. The third-order valence-electron chi connectivity index (χ3n) is 4.91. The number of amides is 1. The smallest absolute Gasteiger partial charge is 0.252 e. The Balaban J connectivity index is 1.60. The van der Waals surface area contributed by atoms with E-state index in [0.717, 1.165) is 17.0 Å². The number of anilines is 1. The minimum Gasteiger partial charge on any atom is -0.497 e. The van der Waals surface area contributed by atoms with Crippen molar-refractivity contribution in [1.29, 1.82) is 0 Å². The maximum Gasteiger partial charge on any atom is 0.252 e. The number of hydrogen-bond acceptors (Lipinski definition) is 5. The minimum atomic E-state index is -3.10. The van der Waals surface area contributed by atoms with Crippen LogP contribution in [0.1, 0.15) is 5.56 Å². The van der Waals surface area contributed by atoms with Crippen LogP contribution in [0.25, 0.3) is 0 Å². The second-order valence-corrected chi connectivity index (χ2v) is 10.8. The van der Waals surface area contributed by atoms with Crippen molar-refractivity contribution in [1.82, 2.24) is 0 Å². The van der Waals surface area contributed by atoms with Gasteiger partial charge in [-0.15, -0.1) is 0 Å². The predicted octanol–water partition coefficient (Wildman–Crippen LogP) is 3.19. The number of methoxy groups -OCH3 is 1. The minimum absolute atomic E-state index is 0.0545. The number of halogens is 1. The van der Waals surface area contributed by atoms with Gasteiger partial charge in [0.15, 0.2) is 15.0 Å². The molecule has 152 valence electrons. The van der Waals surface area contributed by atoms with E-state index in [1.165, 1.54) is 11.8 Å². The van der Waals surface area contributed by atoms with Gasteiger partial charge in [-0.25, -0.2) is 8.42 Å². The van der Waals surface area contributed by atoms with E-state index >= 15 is 0 Å². The molecule has 0 radical (unpaired) electrons. The molecule has 0 aromatic heterocycles. The number of thioether (sulfide) groups is 1. The molecule has 0 aliphatic carbocycles. The van der Waals surface area contributed by atoms with Crippen molar-refractivity contribution in [3.05, 3.63) is 59.1 Å². The number of rotatable bonds is 4. The van der Waals surface area contributed by atoms with Crippen molar-refractivity contribution < 1.29 is 17.9 Å². The lowest BCUT2D eigenvalue weighted by atomic mass is 10.1. The van der Waals surface area contributed by atoms with E-state index in [9.17, 15) is 13.2 Å². The maximum atomic E-state index is 12.6. The van der Waals surface area contributed by atoms with Crippen molar-refractivity contribution in [2.24, 2.45) is 4.99 Å². The summed E-state index contributed by atoms with van der Waals surface area (Å²) in [5.74, 6) is 0.596. The van der Waals surface area contributed by atoms with Gasteiger partial charge in [0, 0.05) is 16.0 Å². The van der Waals surface area contributed by atoms with Gasteiger partial charge in [0.1, 0.15) is 5.75 Å². The van der Waals surface area contributed by atoms with E-state index in [0.29, 0.717) is 10.2 Å². The van der Waals surface area contributed by atoms with Gasteiger partial charge in [-0.1, -0.05) is 35.5 Å². The first-order chi connectivity index (χ1) is 13.8. The number of nitrogens with zero attached hydrogens (tertiary/aromatic N) is 2. The molecule has 1 amide bonds. The maximum absolute atomic E-state index is 12.6. The fourth-order valence-corrected chi connectivity index (χ4v) is 7.59. The highest BCUT2D eigenvalue weighted by molar-refractivity contribution is 8.16. The van der Waals surface area contributed by atoms with Crippen molar-refractivity contribution >= 4 is 50.0 Å². The fraction of sp³-hybridized carbons (Fsp3) is 0.300. The first kappa shape index (κ1) is 20.3. The van der Waals surface area contributed by atoms with Crippen LogP contribution in [0.5, 0.6) is 5.75 Å². The van der Waals surface area contributed by atoms with E-state index in [1.807, 2.05) is 29.2 Å².